The van der Waals surface area contributed by atoms with E-state index in [0.29, 0.717) is 35.0 Å². The Morgan fingerprint density at radius 3 is 2.33 bits per heavy atom. The summed E-state index contributed by atoms with van der Waals surface area (Å²) in [5.74, 6) is 1.42. The summed E-state index contributed by atoms with van der Waals surface area (Å²) < 4.78 is 0. The van der Waals surface area contributed by atoms with Crippen LogP contribution in [0.2, 0.25) is 5.02 Å². The summed E-state index contributed by atoms with van der Waals surface area (Å²) in [5.41, 5.74) is 0.408. The molecule has 0 aromatic carbocycles. The highest BCUT2D eigenvalue weighted by atomic mass is 35.5. The Kier molecular flexibility index (Phi) is 5.60. The van der Waals surface area contributed by atoms with Gasteiger partial charge in [0.2, 0.25) is 0 Å². The SMILES string of the molecule is CC(C)C(CNC(=O)c1ccc(Cl)cn1)C(C)C. The minimum absolute atomic E-state index is 0.141. The first-order valence-electron chi connectivity index (χ1n) is 6.31. The van der Waals surface area contributed by atoms with E-state index in [2.05, 4.69) is 38.0 Å². The lowest BCUT2D eigenvalue weighted by Gasteiger charge is -2.24. The van der Waals surface area contributed by atoms with Crippen LogP contribution in [-0.2, 0) is 0 Å². The standard InChI is InChI=1S/C14H21ClN2O/c1-9(2)12(10(3)4)8-17-14(18)13-6-5-11(15)7-16-13/h5-7,9-10,12H,8H2,1-4H3,(H,17,18). The molecule has 0 radical (unpaired) electrons. The molecular weight excluding hydrogens is 248 g/mol. The smallest absolute Gasteiger partial charge is 0.269 e. The van der Waals surface area contributed by atoms with E-state index in [-0.39, 0.29) is 5.91 Å². The van der Waals surface area contributed by atoms with Gasteiger partial charge in [-0.3, -0.25) is 4.79 Å². The minimum atomic E-state index is -0.141. The van der Waals surface area contributed by atoms with Gasteiger partial charge in [-0.25, -0.2) is 4.98 Å². The fourth-order valence-corrected chi connectivity index (χ4v) is 2.16. The van der Waals surface area contributed by atoms with Crippen LogP contribution in [0.5, 0.6) is 0 Å². The molecule has 1 amide bonds. The summed E-state index contributed by atoms with van der Waals surface area (Å²) in [4.78, 5) is 15.9. The van der Waals surface area contributed by atoms with Crippen LogP contribution in [0.1, 0.15) is 38.2 Å². The minimum Gasteiger partial charge on any atom is -0.350 e. The number of halogens is 1. The van der Waals surface area contributed by atoms with Gasteiger partial charge in [0.15, 0.2) is 0 Å². The van der Waals surface area contributed by atoms with Gasteiger partial charge in [0.25, 0.3) is 5.91 Å². The van der Waals surface area contributed by atoms with Gasteiger partial charge in [-0.15, -0.1) is 0 Å². The van der Waals surface area contributed by atoms with Crippen LogP contribution in [0.25, 0.3) is 0 Å². The molecule has 0 fully saturated rings. The van der Waals surface area contributed by atoms with E-state index in [9.17, 15) is 4.79 Å². The number of hydrogen-bond acceptors (Lipinski definition) is 2. The van der Waals surface area contributed by atoms with Crippen molar-refractivity contribution >= 4 is 17.5 Å². The summed E-state index contributed by atoms with van der Waals surface area (Å²) in [6, 6.07) is 3.31. The molecule has 0 aliphatic carbocycles. The molecule has 18 heavy (non-hydrogen) atoms. The number of nitrogens with zero attached hydrogens (tertiary/aromatic N) is 1. The molecule has 1 N–H and O–H groups in total. The Morgan fingerprint density at radius 2 is 1.89 bits per heavy atom. The molecule has 0 aliphatic heterocycles. The van der Waals surface area contributed by atoms with E-state index < -0.39 is 0 Å². The van der Waals surface area contributed by atoms with Crippen molar-refractivity contribution in [3.63, 3.8) is 0 Å². The third-order valence-electron chi connectivity index (χ3n) is 3.17. The lowest BCUT2D eigenvalue weighted by atomic mass is 9.85. The largest absolute Gasteiger partial charge is 0.350 e. The summed E-state index contributed by atoms with van der Waals surface area (Å²) in [7, 11) is 0. The van der Waals surface area contributed by atoms with Gasteiger partial charge in [-0.05, 0) is 29.9 Å². The highest BCUT2D eigenvalue weighted by Gasteiger charge is 2.18. The van der Waals surface area contributed by atoms with E-state index in [4.69, 9.17) is 11.6 Å². The lowest BCUT2D eigenvalue weighted by molar-refractivity contribution is 0.0932. The molecule has 0 aliphatic rings. The predicted molar refractivity (Wildman–Crippen MR) is 74.7 cm³/mol. The number of nitrogens with one attached hydrogen (secondary N) is 1. The van der Waals surface area contributed by atoms with Gasteiger partial charge in [-0.1, -0.05) is 39.3 Å². The molecule has 0 saturated carbocycles. The summed E-state index contributed by atoms with van der Waals surface area (Å²) in [6.07, 6.45) is 1.48. The van der Waals surface area contributed by atoms with E-state index in [1.807, 2.05) is 0 Å². The van der Waals surface area contributed by atoms with Gasteiger partial charge in [0.1, 0.15) is 5.69 Å². The number of amides is 1. The molecule has 0 bridgehead atoms. The van der Waals surface area contributed by atoms with Crippen LogP contribution < -0.4 is 5.32 Å². The summed E-state index contributed by atoms with van der Waals surface area (Å²) >= 11 is 5.73. The Hall–Kier alpha value is -1.09. The Labute approximate surface area is 114 Å². The number of pyridine rings is 1. The number of rotatable bonds is 5. The molecule has 0 saturated heterocycles. The fraction of sp³-hybridized carbons (Fsp3) is 0.571. The summed E-state index contributed by atoms with van der Waals surface area (Å²) in [5, 5.41) is 3.47. The molecule has 3 nitrogen and oxygen atoms in total. The average Bonchev–Trinajstić information content (AvgIpc) is 2.28. The van der Waals surface area contributed by atoms with Crippen LogP contribution in [0, 0.1) is 17.8 Å². The number of hydrogen-bond donors (Lipinski definition) is 1. The van der Waals surface area contributed by atoms with Gasteiger partial charge in [-0.2, -0.15) is 0 Å². The number of carbonyl (C=O) groups is 1. The Bertz CT molecular complexity index is 379. The van der Waals surface area contributed by atoms with Gasteiger partial charge >= 0.3 is 0 Å². The maximum absolute atomic E-state index is 11.9. The average molecular weight is 269 g/mol. The first-order valence-corrected chi connectivity index (χ1v) is 6.69. The molecule has 1 aromatic heterocycles. The number of carbonyl (C=O) groups excluding carboxylic acids is 1. The molecule has 0 spiro atoms. The van der Waals surface area contributed by atoms with Crippen LogP contribution >= 0.6 is 11.6 Å². The van der Waals surface area contributed by atoms with E-state index in [1.165, 1.54) is 6.20 Å². The zero-order valence-corrected chi connectivity index (χ0v) is 12.2. The van der Waals surface area contributed by atoms with Gasteiger partial charge in [0, 0.05) is 12.7 Å². The number of aromatic nitrogens is 1. The molecule has 4 heteroatoms. The van der Waals surface area contributed by atoms with Crippen LogP contribution in [0.4, 0.5) is 0 Å². The van der Waals surface area contributed by atoms with Crippen molar-refractivity contribution in [3.05, 3.63) is 29.0 Å². The van der Waals surface area contributed by atoms with Crippen molar-refractivity contribution in [3.8, 4) is 0 Å². The highest BCUT2D eigenvalue weighted by molar-refractivity contribution is 6.30. The van der Waals surface area contributed by atoms with Crippen LogP contribution in [0.15, 0.2) is 18.3 Å². The van der Waals surface area contributed by atoms with E-state index >= 15 is 0 Å². The van der Waals surface area contributed by atoms with Gasteiger partial charge in [0.05, 0.1) is 5.02 Å². The summed E-state index contributed by atoms with van der Waals surface area (Å²) in [6.45, 7) is 9.39. The van der Waals surface area contributed by atoms with Crippen molar-refractivity contribution in [2.45, 2.75) is 27.7 Å². The fourth-order valence-electron chi connectivity index (χ4n) is 2.05. The van der Waals surface area contributed by atoms with Crippen molar-refractivity contribution in [2.75, 3.05) is 6.54 Å². The Balaban J connectivity index is 2.57. The molecule has 0 atom stereocenters. The van der Waals surface area contributed by atoms with Crippen LogP contribution in [0.3, 0.4) is 0 Å². The first-order chi connectivity index (χ1) is 8.41. The predicted octanol–water partition coefficient (Wildman–Crippen LogP) is 3.39. The van der Waals surface area contributed by atoms with Gasteiger partial charge < -0.3 is 5.32 Å². The maximum atomic E-state index is 11.9. The molecule has 0 unspecified atom stereocenters. The van der Waals surface area contributed by atoms with E-state index in [0.717, 1.165) is 0 Å². The second-order valence-electron chi connectivity index (χ2n) is 5.22. The van der Waals surface area contributed by atoms with Crippen molar-refractivity contribution in [1.82, 2.24) is 10.3 Å². The zero-order chi connectivity index (χ0) is 13.7. The third-order valence-corrected chi connectivity index (χ3v) is 3.39. The quantitative estimate of drug-likeness (QED) is 0.889. The maximum Gasteiger partial charge on any atom is 0.269 e. The van der Waals surface area contributed by atoms with Crippen molar-refractivity contribution in [1.29, 1.82) is 0 Å². The van der Waals surface area contributed by atoms with Crippen molar-refractivity contribution < 1.29 is 4.79 Å². The monoisotopic (exact) mass is 268 g/mol. The van der Waals surface area contributed by atoms with E-state index in [1.54, 1.807) is 12.1 Å². The zero-order valence-electron chi connectivity index (χ0n) is 11.4. The van der Waals surface area contributed by atoms with Crippen molar-refractivity contribution in [2.24, 2.45) is 17.8 Å². The third kappa shape index (κ3) is 4.30. The lowest BCUT2D eigenvalue weighted by Crippen LogP contribution is -2.34. The first kappa shape index (κ1) is 15.0. The second kappa shape index (κ2) is 6.74. The second-order valence-corrected chi connectivity index (χ2v) is 5.66. The molecular formula is C14H21ClN2O. The normalized spacial score (nSPS) is 11.3. The molecule has 1 aromatic rings. The van der Waals surface area contributed by atoms with Crippen LogP contribution in [-0.4, -0.2) is 17.4 Å². The highest BCUT2D eigenvalue weighted by Crippen LogP contribution is 2.19. The molecule has 100 valence electrons. The molecule has 1 heterocycles. The Morgan fingerprint density at radius 1 is 1.28 bits per heavy atom. The molecule has 1 rings (SSSR count). The topological polar surface area (TPSA) is 42.0 Å².